The molecule has 154 valence electrons. The molecule has 0 spiro atoms. The van der Waals surface area contributed by atoms with Crippen LogP contribution >= 0.6 is 0 Å². The van der Waals surface area contributed by atoms with Crippen LogP contribution in [0.25, 0.3) is 0 Å². The third-order valence-corrected chi connectivity index (χ3v) is 5.01. The Bertz CT molecular complexity index is 936. The number of amides is 2. The topological polar surface area (TPSA) is 70.7 Å². The van der Waals surface area contributed by atoms with Gasteiger partial charge in [0.2, 0.25) is 0 Å². The number of carbonyl (C=O) groups is 2. The van der Waals surface area contributed by atoms with E-state index >= 15 is 0 Å². The molecule has 1 aliphatic rings. The molecule has 1 unspecified atom stereocenters. The molecule has 0 bridgehead atoms. The number of rotatable bonds is 4. The minimum Gasteiger partial charge on any atom is -0.495 e. The monoisotopic (exact) mass is 399 g/mol. The molecule has 0 aliphatic carbocycles. The predicted octanol–water partition coefficient (Wildman–Crippen LogP) is 3.63. The molecular formula is C22H26FN3O3. The summed E-state index contributed by atoms with van der Waals surface area (Å²) in [7, 11) is 3.17. The van der Waals surface area contributed by atoms with Gasteiger partial charge in [0.1, 0.15) is 23.3 Å². The summed E-state index contributed by atoms with van der Waals surface area (Å²) in [5.74, 6) is -0.679. The summed E-state index contributed by atoms with van der Waals surface area (Å²) in [6.07, 6.45) is -0.189. The lowest BCUT2D eigenvalue weighted by Gasteiger charge is -2.43. The van der Waals surface area contributed by atoms with E-state index in [4.69, 9.17) is 4.74 Å². The molecule has 6 nitrogen and oxygen atoms in total. The maximum Gasteiger partial charge on any atom is 0.261 e. The van der Waals surface area contributed by atoms with E-state index in [9.17, 15) is 14.0 Å². The van der Waals surface area contributed by atoms with Gasteiger partial charge >= 0.3 is 0 Å². The second-order valence-electron chi connectivity index (χ2n) is 8.21. The summed E-state index contributed by atoms with van der Waals surface area (Å²) in [4.78, 5) is 27.5. The lowest BCUT2D eigenvalue weighted by atomic mass is 9.88. The Morgan fingerprint density at radius 1 is 1.21 bits per heavy atom. The third kappa shape index (κ3) is 4.04. The van der Waals surface area contributed by atoms with Crippen molar-refractivity contribution in [2.75, 3.05) is 19.5 Å². The average molecular weight is 399 g/mol. The second-order valence-corrected chi connectivity index (χ2v) is 8.21. The quantitative estimate of drug-likeness (QED) is 0.824. The number of halogens is 1. The van der Waals surface area contributed by atoms with Crippen LogP contribution in [-0.4, -0.2) is 37.0 Å². The molecule has 0 saturated carbocycles. The number of nitrogens with zero attached hydrogens (tertiary/aromatic N) is 1. The van der Waals surface area contributed by atoms with E-state index in [2.05, 4.69) is 10.6 Å². The van der Waals surface area contributed by atoms with Gasteiger partial charge in [-0.2, -0.15) is 0 Å². The van der Waals surface area contributed by atoms with Crippen LogP contribution in [0.4, 0.5) is 10.1 Å². The smallest absolute Gasteiger partial charge is 0.261 e. The fourth-order valence-electron chi connectivity index (χ4n) is 3.52. The molecule has 1 atom stereocenters. The average Bonchev–Trinajstić information content (AvgIpc) is 2.68. The molecule has 1 heterocycles. The number of hydrogen-bond donors (Lipinski definition) is 2. The number of fused-ring (bicyclic) bond motifs is 1. The first kappa shape index (κ1) is 20.6. The molecule has 29 heavy (non-hydrogen) atoms. The van der Waals surface area contributed by atoms with Gasteiger partial charge in [0, 0.05) is 19.0 Å². The highest BCUT2D eigenvalue weighted by atomic mass is 19.1. The van der Waals surface area contributed by atoms with Crippen molar-refractivity contribution in [1.29, 1.82) is 0 Å². The van der Waals surface area contributed by atoms with Gasteiger partial charge in [-0.15, -0.1) is 0 Å². The normalized spacial score (nSPS) is 16.1. The van der Waals surface area contributed by atoms with Gasteiger partial charge in [0.25, 0.3) is 11.8 Å². The Balaban J connectivity index is 1.89. The molecule has 0 radical (unpaired) electrons. The van der Waals surface area contributed by atoms with Gasteiger partial charge in [0.05, 0.1) is 18.4 Å². The number of ether oxygens (including phenoxy) is 1. The first-order valence-corrected chi connectivity index (χ1v) is 9.41. The predicted molar refractivity (Wildman–Crippen MR) is 110 cm³/mol. The van der Waals surface area contributed by atoms with Crippen LogP contribution in [-0.2, 0) is 6.54 Å². The molecule has 7 heteroatoms. The molecule has 2 aromatic rings. The van der Waals surface area contributed by atoms with Crippen molar-refractivity contribution in [2.45, 2.75) is 33.5 Å². The Morgan fingerprint density at radius 2 is 1.86 bits per heavy atom. The maximum atomic E-state index is 13.1. The summed E-state index contributed by atoms with van der Waals surface area (Å²) in [6.45, 7) is 6.38. The van der Waals surface area contributed by atoms with Crippen LogP contribution in [0.1, 0.15) is 47.1 Å². The third-order valence-electron chi connectivity index (χ3n) is 5.01. The van der Waals surface area contributed by atoms with Gasteiger partial charge in [-0.05, 0) is 29.8 Å². The van der Waals surface area contributed by atoms with Crippen LogP contribution in [0.5, 0.6) is 5.75 Å². The van der Waals surface area contributed by atoms with Crippen molar-refractivity contribution in [3.63, 3.8) is 0 Å². The molecule has 2 N–H and O–H groups in total. The zero-order valence-corrected chi connectivity index (χ0v) is 17.3. The summed E-state index contributed by atoms with van der Waals surface area (Å²) in [6, 6.07) is 9.26. The van der Waals surface area contributed by atoms with E-state index in [0.29, 0.717) is 11.3 Å². The van der Waals surface area contributed by atoms with Gasteiger partial charge in [-0.3, -0.25) is 9.59 Å². The first-order valence-electron chi connectivity index (χ1n) is 9.41. The van der Waals surface area contributed by atoms with Crippen molar-refractivity contribution in [1.82, 2.24) is 10.2 Å². The number of nitrogens with one attached hydrogen (secondary N) is 2. The summed E-state index contributed by atoms with van der Waals surface area (Å²) in [5, 5.41) is 6.17. The highest BCUT2D eigenvalue weighted by Gasteiger charge is 2.39. The molecule has 3 rings (SSSR count). The maximum absolute atomic E-state index is 13.1. The van der Waals surface area contributed by atoms with E-state index in [-0.39, 0.29) is 47.1 Å². The van der Waals surface area contributed by atoms with Crippen molar-refractivity contribution < 1.29 is 18.7 Å². The zero-order valence-electron chi connectivity index (χ0n) is 17.3. The fraction of sp³-hybridized carbons (Fsp3) is 0.364. The van der Waals surface area contributed by atoms with Crippen molar-refractivity contribution in [2.24, 2.45) is 5.41 Å². The van der Waals surface area contributed by atoms with E-state index in [1.165, 1.54) is 19.2 Å². The second kappa shape index (κ2) is 7.73. The van der Waals surface area contributed by atoms with Crippen LogP contribution in [0.15, 0.2) is 36.4 Å². The van der Waals surface area contributed by atoms with Crippen molar-refractivity contribution in [3.05, 3.63) is 58.9 Å². The van der Waals surface area contributed by atoms with Crippen LogP contribution in [0.3, 0.4) is 0 Å². The van der Waals surface area contributed by atoms with Gasteiger partial charge in [-0.1, -0.05) is 32.9 Å². The van der Waals surface area contributed by atoms with Crippen LogP contribution in [0, 0.1) is 11.2 Å². The number of hydrogen-bond acceptors (Lipinski definition) is 4. The fourth-order valence-corrected chi connectivity index (χ4v) is 3.52. The van der Waals surface area contributed by atoms with E-state index in [1.807, 2.05) is 20.8 Å². The molecular weight excluding hydrogens is 373 g/mol. The Morgan fingerprint density at radius 3 is 2.45 bits per heavy atom. The van der Waals surface area contributed by atoms with E-state index in [1.54, 1.807) is 36.2 Å². The minimum atomic E-state index is -0.373. The summed E-state index contributed by atoms with van der Waals surface area (Å²) >= 11 is 0. The zero-order chi connectivity index (χ0) is 21.3. The molecule has 0 saturated heterocycles. The molecule has 0 fully saturated rings. The minimum absolute atomic E-state index is 0.180. The van der Waals surface area contributed by atoms with Crippen LogP contribution in [0.2, 0.25) is 0 Å². The van der Waals surface area contributed by atoms with Crippen LogP contribution < -0.4 is 15.4 Å². The number of methoxy groups -OCH3 is 1. The first-order chi connectivity index (χ1) is 13.6. The van der Waals surface area contributed by atoms with Crippen molar-refractivity contribution >= 4 is 17.5 Å². The highest BCUT2D eigenvalue weighted by molar-refractivity contribution is 6.09. The van der Waals surface area contributed by atoms with E-state index < -0.39 is 0 Å². The van der Waals surface area contributed by atoms with Gasteiger partial charge in [0.15, 0.2) is 0 Å². The molecule has 2 aromatic carbocycles. The van der Waals surface area contributed by atoms with Crippen molar-refractivity contribution in [3.8, 4) is 5.75 Å². The SMILES string of the molecule is COc1c(C(=O)NCc2ccc(F)cc2)ccc2c1C(=O)N(C)C(C(C)(C)C)N2. The van der Waals surface area contributed by atoms with E-state index in [0.717, 1.165) is 5.56 Å². The lowest BCUT2D eigenvalue weighted by molar-refractivity contribution is 0.0619. The lowest BCUT2D eigenvalue weighted by Crippen LogP contribution is -2.53. The number of benzene rings is 2. The number of carbonyl (C=O) groups excluding carboxylic acids is 2. The molecule has 2 amide bonds. The Kier molecular flexibility index (Phi) is 5.50. The van der Waals surface area contributed by atoms with Gasteiger partial charge in [-0.25, -0.2) is 4.39 Å². The Labute approximate surface area is 170 Å². The standard InChI is InChI=1S/C22H26FN3O3/c1-22(2,3)21-25-16-11-10-15(18(29-5)17(16)20(28)26(21)4)19(27)24-12-13-6-8-14(23)9-7-13/h6-11,21,25H,12H2,1-5H3,(H,24,27). The largest absolute Gasteiger partial charge is 0.495 e. The molecule has 1 aliphatic heterocycles. The number of anilines is 1. The summed E-state index contributed by atoms with van der Waals surface area (Å²) < 4.78 is 18.5. The highest BCUT2D eigenvalue weighted by Crippen LogP contribution is 2.38. The van der Waals surface area contributed by atoms with Gasteiger partial charge < -0.3 is 20.3 Å². The molecule has 0 aromatic heterocycles. The Hall–Kier alpha value is -3.09. The summed E-state index contributed by atoms with van der Waals surface area (Å²) in [5.41, 5.74) is 1.83.